The lowest BCUT2D eigenvalue weighted by atomic mass is 10.1. The highest BCUT2D eigenvalue weighted by Crippen LogP contribution is 2.45. The van der Waals surface area contributed by atoms with E-state index in [2.05, 4.69) is 4.98 Å². The van der Waals surface area contributed by atoms with Gasteiger partial charge in [0.1, 0.15) is 17.3 Å². The second-order valence-corrected chi connectivity index (χ2v) is 8.34. The number of hydrogen-bond donors (Lipinski definition) is 1. The molecule has 1 aliphatic carbocycles. The molecular weight excluding hydrogens is 412 g/mol. The molecular formula is C25H21F2N3O2. The normalized spacial score (nSPS) is 14.5. The van der Waals surface area contributed by atoms with Crippen molar-refractivity contribution in [1.29, 1.82) is 0 Å². The fourth-order valence-electron chi connectivity index (χ4n) is 3.92. The number of benzene rings is 2. The number of halogens is 2. The van der Waals surface area contributed by atoms with Crippen LogP contribution in [0.2, 0.25) is 0 Å². The number of nitrogens with zero attached hydrogens (tertiary/aromatic N) is 2. The molecule has 32 heavy (non-hydrogen) atoms. The highest BCUT2D eigenvalue weighted by Gasteiger charge is 2.45. The van der Waals surface area contributed by atoms with Gasteiger partial charge in [-0.05, 0) is 56.0 Å². The highest BCUT2D eigenvalue weighted by molar-refractivity contribution is 5.77. The molecule has 1 aliphatic rings. The van der Waals surface area contributed by atoms with Crippen molar-refractivity contribution in [3.63, 3.8) is 0 Å². The molecule has 5 rings (SSSR count). The molecule has 2 aromatic carbocycles. The van der Waals surface area contributed by atoms with Gasteiger partial charge in [-0.1, -0.05) is 18.2 Å². The van der Waals surface area contributed by atoms with Crippen molar-refractivity contribution in [2.45, 2.75) is 32.2 Å². The van der Waals surface area contributed by atoms with Crippen LogP contribution in [0.3, 0.4) is 0 Å². The van der Waals surface area contributed by atoms with E-state index in [1.807, 2.05) is 32.0 Å². The lowest BCUT2D eigenvalue weighted by Gasteiger charge is -2.13. The van der Waals surface area contributed by atoms with E-state index in [4.69, 9.17) is 10.2 Å². The van der Waals surface area contributed by atoms with Crippen molar-refractivity contribution in [2.75, 3.05) is 0 Å². The highest BCUT2D eigenvalue weighted by atomic mass is 19.1. The van der Waals surface area contributed by atoms with Crippen LogP contribution in [0, 0.1) is 25.5 Å². The molecule has 0 bridgehead atoms. The monoisotopic (exact) mass is 433 g/mol. The standard InChI is InChI=1S/C25H21F2N3O2/c1-14-4-3-5-15(2)22(14)30-13-16(6-9-20(30)31)21-23(18-8-7-17(26)12-19(18)27)32-24(29-21)25(28)10-11-25/h3-9,12-13H,10-11,28H2,1-2H3. The third-order valence-corrected chi connectivity index (χ3v) is 5.88. The van der Waals surface area contributed by atoms with Crippen LogP contribution in [0.1, 0.15) is 29.9 Å². The Balaban J connectivity index is 1.73. The number of aromatic nitrogens is 2. The first-order valence-electron chi connectivity index (χ1n) is 10.3. The number of aryl methyl sites for hydroxylation is 2. The third-order valence-electron chi connectivity index (χ3n) is 5.88. The zero-order valence-corrected chi connectivity index (χ0v) is 17.7. The summed E-state index contributed by atoms with van der Waals surface area (Å²) in [4.78, 5) is 17.3. The van der Waals surface area contributed by atoms with Gasteiger partial charge < -0.3 is 10.2 Å². The smallest absolute Gasteiger partial charge is 0.255 e. The lowest BCUT2D eigenvalue weighted by molar-refractivity contribution is 0.447. The summed E-state index contributed by atoms with van der Waals surface area (Å²) in [5.74, 6) is -0.996. The molecule has 0 unspecified atom stereocenters. The van der Waals surface area contributed by atoms with Gasteiger partial charge in [0.25, 0.3) is 5.56 Å². The van der Waals surface area contributed by atoms with Crippen LogP contribution in [0.5, 0.6) is 0 Å². The lowest BCUT2D eigenvalue weighted by Crippen LogP contribution is -2.19. The molecule has 2 heterocycles. The summed E-state index contributed by atoms with van der Waals surface area (Å²) in [6.45, 7) is 3.86. The first kappa shape index (κ1) is 20.3. The van der Waals surface area contributed by atoms with Crippen LogP contribution in [-0.2, 0) is 5.54 Å². The van der Waals surface area contributed by atoms with Gasteiger partial charge in [0.15, 0.2) is 5.76 Å². The van der Waals surface area contributed by atoms with E-state index in [9.17, 15) is 13.6 Å². The van der Waals surface area contributed by atoms with Gasteiger partial charge in [0.2, 0.25) is 5.89 Å². The van der Waals surface area contributed by atoms with E-state index in [0.717, 1.165) is 28.9 Å². The second kappa shape index (κ2) is 7.24. The van der Waals surface area contributed by atoms with Gasteiger partial charge in [-0.25, -0.2) is 13.8 Å². The Bertz CT molecular complexity index is 1400. The van der Waals surface area contributed by atoms with Gasteiger partial charge in [0.05, 0.1) is 16.8 Å². The molecule has 0 saturated heterocycles. The largest absolute Gasteiger partial charge is 0.438 e. The SMILES string of the molecule is Cc1cccc(C)c1-n1cc(-c2nc(C3(N)CC3)oc2-c2ccc(F)cc2F)ccc1=O. The molecule has 0 spiro atoms. The van der Waals surface area contributed by atoms with Crippen molar-refractivity contribution in [3.05, 3.63) is 93.7 Å². The average molecular weight is 433 g/mol. The van der Waals surface area contributed by atoms with Gasteiger partial charge >= 0.3 is 0 Å². The number of rotatable bonds is 4. The summed E-state index contributed by atoms with van der Waals surface area (Å²) < 4.78 is 35.7. The molecule has 162 valence electrons. The first-order valence-corrected chi connectivity index (χ1v) is 10.3. The van der Waals surface area contributed by atoms with Gasteiger partial charge in [-0.15, -0.1) is 0 Å². The Morgan fingerprint density at radius 1 is 1.06 bits per heavy atom. The summed E-state index contributed by atoms with van der Waals surface area (Å²) in [7, 11) is 0. The zero-order chi connectivity index (χ0) is 22.6. The Kier molecular flexibility index (Phi) is 4.60. The topological polar surface area (TPSA) is 74.1 Å². The molecule has 0 radical (unpaired) electrons. The number of nitrogens with two attached hydrogens (primary N) is 1. The van der Waals surface area contributed by atoms with Crippen molar-refractivity contribution >= 4 is 0 Å². The van der Waals surface area contributed by atoms with E-state index in [1.165, 1.54) is 12.1 Å². The maximum atomic E-state index is 14.7. The Labute approximate surface area is 183 Å². The fourth-order valence-corrected chi connectivity index (χ4v) is 3.92. The minimum Gasteiger partial charge on any atom is -0.438 e. The summed E-state index contributed by atoms with van der Waals surface area (Å²) in [6.07, 6.45) is 3.08. The van der Waals surface area contributed by atoms with Crippen LogP contribution in [-0.4, -0.2) is 9.55 Å². The molecule has 1 fully saturated rings. The van der Waals surface area contributed by atoms with Crippen molar-refractivity contribution in [2.24, 2.45) is 5.73 Å². The predicted octanol–water partition coefficient (Wildman–Crippen LogP) is 5.00. The molecule has 0 atom stereocenters. The molecule has 1 saturated carbocycles. The Hall–Kier alpha value is -3.58. The van der Waals surface area contributed by atoms with Crippen molar-refractivity contribution in [3.8, 4) is 28.3 Å². The maximum absolute atomic E-state index is 14.7. The molecule has 2 N–H and O–H groups in total. The molecule has 4 aromatic rings. The van der Waals surface area contributed by atoms with Crippen molar-refractivity contribution < 1.29 is 13.2 Å². The average Bonchev–Trinajstić information content (AvgIpc) is 3.33. The van der Waals surface area contributed by atoms with Crippen LogP contribution < -0.4 is 11.3 Å². The second-order valence-electron chi connectivity index (χ2n) is 8.34. The maximum Gasteiger partial charge on any atom is 0.255 e. The summed E-state index contributed by atoms with van der Waals surface area (Å²) in [5, 5.41) is 0. The molecule has 0 aliphatic heterocycles. The van der Waals surface area contributed by atoms with E-state index in [1.54, 1.807) is 16.8 Å². The van der Waals surface area contributed by atoms with Gasteiger partial charge in [-0.2, -0.15) is 0 Å². The minimum atomic E-state index is -0.765. The van der Waals surface area contributed by atoms with Crippen LogP contribution in [0.4, 0.5) is 8.78 Å². The molecule has 7 heteroatoms. The van der Waals surface area contributed by atoms with E-state index < -0.39 is 17.2 Å². The first-order chi connectivity index (χ1) is 15.3. The van der Waals surface area contributed by atoms with E-state index >= 15 is 0 Å². The zero-order valence-electron chi connectivity index (χ0n) is 17.7. The number of hydrogen-bond acceptors (Lipinski definition) is 4. The van der Waals surface area contributed by atoms with Crippen molar-refractivity contribution in [1.82, 2.24) is 9.55 Å². The Morgan fingerprint density at radius 3 is 2.44 bits per heavy atom. The Morgan fingerprint density at radius 2 is 1.78 bits per heavy atom. The van der Waals surface area contributed by atoms with Gasteiger partial charge in [-0.3, -0.25) is 9.36 Å². The molecule has 0 amide bonds. The summed E-state index contributed by atoms with van der Waals surface area (Å²) in [6, 6.07) is 12.1. The van der Waals surface area contributed by atoms with E-state index in [-0.39, 0.29) is 16.9 Å². The van der Waals surface area contributed by atoms with E-state index in [0.29, 0.717) is 30.0 Å². The fraction of sp³-hybridized carbons (Fsp3) is 0.200. The summed E-state index contributed by atoms with van der Waals surface area (Å²) >= 11 is 0. The number of pyridine rings is 1. The molecule has 5 nitrogen and oxygen atoms in total. The number of para-hydroxylation sites is 1. The van der Waals surface area contributed by atoms with Gasteiger partial charge in [0, 0.05) is 23.9 Å². The third kappa shape index (κ3) is 3.35. The quantitative estimate of drug-likeness (QED) is 0.491. The molecule has 2 aromatic heterocycles. The minimum absolute atomic E-state index is 0.0780. The van der Waals surface area contributed by atoms with Crippen LogP contribution in [0.15, 0.2) is 63.9 Å². The summed E-state index contributed by atoms with van der Waals surface area (Å²) in [5.41, 5.74) is 9.03. The number of oxazole rings is 1. The predicted molar refractivity (Wildman–Crippen MR) is 117 cm³/mol. The van der Waals surface area contributed by atoms with Crippen LogP contribution in [0.25, 0.3) is 28.3 Å². The van der Waals surface area contributed by atoms with Crippen LogP contribution >= 0.6 is 0 Å².